The largest absolute Gasteiger partial charge is 0.493 e. The maximum atomic E-state index is 5.82. The van der Waals surface area contributed by atoms with Crippen LogP contribution in [-0.2, 0) is 0 Å². The average Bonchev–Trinajstić information content (AvgIpc) is 2.29. The molecule has 0 bridgehead atoms. The van der Waals surface area contributed by atoms with Crippen LogP contribution in [0.4, 0.5) is 0 Å². The van der Waals surface area contributed by atoms with Crippen molar-refractivity contribution < 1.29 is 9.47 Å². The molecular weight excluding hydrogens is 202 g/mol. The summed E-state index contributed by atoms with van der Waals surface area (Å²) in [4.78, 5) is 0. The molecule has 0 amide bonds. The van der Waals surface area contributed by atoms with Crippen molar-refractivity contribution in [1.82, 2.24) is 0 Å². The maximum absolute atomic E-state index is 5.82. The van der Waals surface area contributed by atoms with E-state index >= 15 is 0 Å². The van der Waals surface area contributed by atoms with Gasteiger partial charge < -0.3 is 15.2 Å². The molecule has 1 aromatic rings. The minimum Gasteiger partial charge on any atom is -0.493 e. The summed E-state index contributed by atoms with van der Waals surface area (Å²) in [5.41, 5.74) is 6.87. The van der Waals surface area contributed by atoms with Crippen LogP contribution in [0.1, 0.15) is 38.8 Å². The molecule has 0 saturated carbocycles. The molecule has 0 aliphatic heterocycles. The number of nitrogens with two attached hydrogens (primary N) is 1. The second-order valence-corrected chi connectivity index (χ2v) is 4.04. The molecule has 0 saturated heterocycles. The molecule has 0 aromatic heterocycles. The highest BCUT2D eigenvalue weighted by Gasteiger charge is 2.10. The molecule has 3 heteroatoms. The van der Waals surface area contributed by atoms with Gasteiger partial charge in [-0.15, -0.1) is 0 Å². The second-order valence-electron chi connectivity index (χ2n) is 4.04. The highest BCUT2D eigenvalue weighted by molar-refractivity contribution is 5.43. The summed E-state index contributed by atoms with van der Waals surface area (Å²) in [7, 11) is 1.64. The Morgan fingerprint density at radius 3 is 2.44 bits per heavy atom. The third-order valence-electron chi connectivity index (χ3n) is 2.62. The van der Waals surface area contributed by atoms with E-state index in [9.17, 15) is 0 Å². The van der Waals surface area contributed by atoms with Gasteiger partial charge in [0.25, 0.3) is 0 Å². The molecule has 0 aliphatic rings. The number of hydrogen-bond acceptors (Lipinski definition) is 3. The van der Waals surface area contributed by atoms with E-state index in [-0.39, 0.29) is 12.1 Å². The average molecular weight is 223 g/mol. The van der Waals surface area contributed by atoms with E-state index < -0.39 is 0 Å². The lowest BCUT2D eigenvalue weighted by molar-refractivity contribution is 0.207. The van der Waals surface area contributed by atoms with Gasteiger partial charge in [0.15, 0.2) is 11.5 Å². The molecule has 3 nitrogen and oxygen atoms in total. The third kappa shape index (κ3) is 3.14. The minimum absolute atomic E-state index is 0.00606. The first kappa shape index (κ1) is 12.8. The van der Waals surface area contributed by atoms with Crippen molar-refractivity contribution in [3.05, 3.63) is 23.8 Å². The Labute approximate surface area is 97.6 Å². The number of methoxy groups -OCH3 is 1. The van der Waals surface area contributed by atoms with E-state index in [1.807, 2.05) is 32.0 Å². The van der Waals surface area contributed by atoms with Crippen LogP contribution in [0.15, 0.2) is 18.2 Å². The van der Waals surface area contributed by atoms with E-state index in [1.165, 1.54) is 0 Å². The zero-order valence-corrected chi connectivity index (χ0v) is 10.5. The number of hydrogen-bond donors (Lipinski definition) is 1. The van der Waals surface area contributed by atoms with E-state index in [0.717, 1.165) is 23.5 Å². The number of ether oxygens (including phenoxy) is 2. The summed E-state index contributed by atoms with van der Waals surface area (Å²) in [6.45, 7) is 6.08. The van der Waals surface area contributed by atoms with E-state index in [0.29, 0.717) is 0 Å². The van der Waals surface area contributed by atoms with Crippen LogP contribution in [0.5, 0.6) is 11.5 Å². The van der Waals surface area contributed by atoms with Crippen molar-refractivity contribution in [1.29, 1.82) is 0 Å². The zero-order chi connectivity index (χ0) is 12.1. The lowest BCUT2D eigenvalue weighted by Crippen LogP contribution is -2.11. The monoisotopic (exact) mass is 223 g/mol. The standard InChI is InChI=1S/C13H21NO2/c1-5-9(2)16-12-7-6-11(10(3)14)8-13(12)15-4/h6-10H,5,14H2,1-4H3/t9?,10-/m0/s1. The molecule has 90 valence electrons. The van der Waals surface area contributed by atoms with Crippen LogP contribution in [-0.4, -0.2) is 13.2 Å². The first-order chi connectivity index (χ1) is 7.58. The smallest absolute Gasteiger partial charge is 0.161 e. The van der Waals surface area contributed by atoms with Crippen LogP contribution in [0.25, 0.3) is 0 Å². The molecule has 0 radical (unpaired) electrons. The highest BCUT2D eigenvalue weighted by atomic mass is 16.5. The van der Waals surface area contributed by atoms with Gasteiger partial charge in [-0.2, -0.15) is 0 Å². The Kier molecular flexibility index (Phi) is 4.62. The Balaban J connectivity index is 2.93. The summed E-state index contributed by atoms with van der Waals surface area (Å²) < 4.78 is 11.1. The van der Waals surface area contributed by atoms with Gasteiger partial charge >= 0.3 is 0 Å². The van der Waals surface area contributed by atoms with Gasteiger partial charge in [0.2, 0.25) is 0 Å². The Bertz CT molecular complexity index is 337. The molecular formula is C13H21NO2. The number of rotatable bonds is 5. The molecule has 0 heterocycles. The zero-order valence-electron chi connectivity index (χ0n) is 10.5. The predicted octanol–water partition coefficient (Wildman–Crippen LogP) is 2.89. The number of benzene rings is 1. The maximum Gasteiger partial charge on any atom is 0.161 e. The summed E-state index contributed by atoms with van der Waals surface area (Å²) in [6.07, 6.45) is 1.16. The van der Waals surface area contributed by atoms with Gasteiger partial charge in [-0.3, -0.25) is 0 Å². The summed E-state index contributed by atoms with van der Waals surface area (Å²) in [5.74, 6) is 1.52. The van der Waals surface area contributed by atoms with Crippen LogP contribution in [0, 0.1) is 0 Å². The Morgan fingerprint density at radius 1 is 1.25 bits per heavy atom. The molecule has 0 aliphatic carbocycles. The van der Waals surface area contributed by atoms with Crippen LogP contribution < -0.4 is 15.2 Å². The van der Waals surface area contributed by atoms with Gasteiger partial charge in [0.05, 0.1) is 13.2 Å². The van der Waals surface area contributed by atoms with Gasteiger partial charge in [-0.1, -0.05) is 13.0 Å². The quantitative estimate of drug-likeness (QED) is 0.834. The van der Waals surface area contributed by atoms with E-state index in [2.05, 4.69) is 6.92 Å². The van der Waals surface area contributed by atoms with Gasteiger partial charge in [0.1, 0.15) is 0 Å². The van der Waals surface area contributed by atoms with Gasteiger partial charge in [-0.05, 0) is 38.0 Å². The third-order valence-corrected chi connectivity index (χ3v) is 2.62. The van der Waals surface area contributed by atoms with Gasteiger partial charge in [-0.25, -0.2) is 0 Å². The van der Waals surface area contributed by atoms with Gasteiger partial charge in [0, 0.05) is 6.04 Å². The fraction of sp³-hybridized carbons (Fsp3) is 0.538. The van der Waals surface area contributed by atoms with Crippen LogP contribution >= 0.6 is 0 Å². The molecule has 0 spiro atoms. The summed E-state index contributed by atoms with van der Waals surface area (Å²) in [6, 6.07) is 5.84. The van der Waals surface area contributed by atoms with Crippen molar-refractivity contribution in [3.63, 3.8) is 0 Å². The topological polar surface area (TPSA) is 44.5 Å². The first-order valence-corrected chi connectivity index (χ1v) is 5.68. The van der Waals surface area contributed by atoms with E-state index in [4.69, 9.17) is 15.2 Å². The molecule has 1 aromatic carbocycles. The van der Waals surface area contributed by atoms with Crippen molar-refractivity contribution in [3.8, 4) is 11.5 Å². The SMILES string of the molecule is CCC(C)Oc1ccc([C@H](C)N)cc1OC. The van der Waals surface area contributed by atoms with Crippen molar-refractivity contribution in [2.24, 2.45) is 5.73 Å². The van der Waals surface area contributed by atoms with Crippen LogP contribution in [0.2, 0.25) is 0 Å². The molecule has 2 N–H and O–H groups in total. The normalized spacial score (nSPS) is 14.3. The van der Waals surface area contributed by atoms with E-state index in [1.54, 1.807) is 7.11 Å². The molecule has 0 fully saturated rings. The summed E-state index contributed by atoms with van der Waals surface area (Å²) in [5, 5.41) is 0. The Morgan fingerprint density at radius 2 is 1.94 bits per heavy atom. The highest BCUT2D eigenvalue weighted by Crippen LogP contribution is 2.30. The summed E-state index contributed by atoms with van der Waals surface area (Å²) >= 11 is 0. The fourth-order valence-corrected chi connectivity index (χ4v) is 1.36. The van der Waals surface area contributed by atoms with Crippen LogP contribution in [0.3, 0.4) is 0 Å². The minimum atomic E-state index is 0.00606. The first-order valence-electron chi connectivity index (χ1n) is 5.68. The molecule has 1 unspecified atom stereocenters. The van der Waals surface area contributed by atoms with Crippen molar-refractivity contribution in [2.45, 2.75) is 39.3 Å². The molecule has 16 heavy (non-hydrogen) atoms. The lowest BCUT2D eigenvalue weighted by Gasteiger charge is -2.17. The van der Waals surface area contributed by atoms with Crippen molar-refractivity contribution in [2.75, 3.05) is 7.11 Å². The molecule has 1 rings (SSSR count). The molecule has 2 atom stereocenters. The van der Waals surface area contributed by atoms with Crippen molar-refractivity contribution >= 4 is 0 Å². The fourth-order valence-electron chi connectivity index (χ4n) is 1.36. The lowest BCUT2D eigenvalue weighted by atomic mass is 10.1. The second kappa shape index (κ2) is 5.75. The predicted molar refractivity (Wildman–Crippen MR) is 66.0 cm³/mol. The Hall–Kier alpha value is -1.22.